The molecular weight excluding hydrogens is 332 g/mol. The normalized spacial score (nSPS) is 11.8. The third-order valence-electron chi connectivity index (χ3n) is 3.95. The van der Waals surface area contributed by atoms with Gasteiger partial charge in [-0.1, -0.05) is 48.0 Å². The van der Waals surface area contributed by atoms with E-state index in [4.69, 9.17) is 11.6 Å². The summed E-state index contributed by atoms with van der Waals surface area (Å²) in [6.45, 7) is 5.97. The number of halogens is 1. The zero-order valence-corrected chi connectivity index (χ0v) is 15.3. The summed E-state index contributed by atoms with van der Waals surface area (Å²) in [7, 11) is 0. The summed E-state index contributed by atoms with van der Waals surface area (Å²) in [5.41, 5.74) is 3.15. The van der Waals surface area contributed by atoms with Crippen molar-refractivity contribution in [1.82, 2.24) is 9.97 Å². The molecule has 2 aromatic carbocycles. The van der Waals surface area contributed by atoms with Crippen molar-refractivity contribution in [3.63, 3.8) is 0 Å². The largest absolute Gasteiger partial charge is 0.363 e. The van der Waals surface area contributed by atoms with Gasteiger partial charge in [0.15, 0.2) is 0 Å². The maximum absolute atomic E-state index is 6.19. The van der Waals surface area contributed by atoms with Crippen LogP contribution >= 0.6 is 11.6 Å². The minimum Gasteiger partial charge on any atom is -0.363 e. The molecule has 0 fully saturated rings. The highest BCUT2D eigenvalue weighted by Gasteiger charge is 2.08. The monoisotopic (exact) mass is 352 g/mol. The summed E-state index contributed by atoms with van der Waals surface area (Å²) < 4.78 is 0. The minimum absolute atomic E-state index is 0.150. The van der Waals surface area contributed by atoms with Gasteiger partial charge in [0, 0.05) is 22.8 Å². The van der Waals surface area contributed by atoms with Crippen molar-refractivity contribution < 1.29 is 0 Å². The van der Waals surface area contributed by atoms with Crippen LogP contribution in [0.4, 0.5) is 17.3 Å². The molecule has 1 heterocycles. The molecule has 4 nitrogen and oxygen atoms in total. The second-order valence-electron chi connectivity index (χ2n) is 6.05. The molecule has 3 rings (SSSR count). The fourth-order valence-corrected chi connectivity index (χ4v) is 2.75. The van der Waals surface area contributed by atoms with E-state index >= 15 is 0 Å². The molecule has 0 radical (unpaired) electrons. The Morgan fingerprint density at radius 1 is 0.920 bits per heavy atom. The van der Waals surface area contributed by atoms with E-state index in [1.54, 1.807) is 0 Å². The fraction of sp³-hybridized carbons (Fsp3) is 0.200. The van der Waals surface area contributed by atoms with Gasteiger partial charge in [-0.2, -0.15) is 0 Å². The molecule has 0 saturated heterocycles. The molecule has 0 aliphatic rings. The average Bonchev–Trinajstić information content (AvgIpc) is 2.58. The Morgan fingerprint density at radius 3 is 2.36 bits per heavy atom. The van der Waals surface area contributed by atoms with E-state index in [1.807, 2.05) is 56.3 Å². The van der Waals surface area contributed by atoms with Crippen LogP contribution in [0.1, 0.15) is 29.9 Å². The van der Waals surface area contributed by atoms with Gasteiger partial charge in [0.2, 0.25) is 0 Å². The number of nitrogens with zero attached hydrogens (tertiary/aromatic N) is 2. The lowest BCUT2D eigenvalue weighted by molar-refractivity contribution is 0.867. The number of aryl methyl sites for hydroxylation is 2. The Kier molecular flexibility index (Phi) is 5.19. The van der Waals surface area contributed by atoms with Gasteiger partial charge < -0.3 is 10.6 Å². The Morgan fingerprint density at radius 2 is 1.64 bits per heavy atom. The van der Waals surface area contributed by atoms with Gasteiger partial charge in [-0.05, 0) is 44.0 Å². The van der Waals surface area contributed by atoms with Crippen molar-refractivity contribution in [2.24, 2.45) is 0 Å². The Hall–Kier alpha value is -2.59. The van der Waals surface area contributed by atoms with E-state index < -0.39 is 0 Å². The first kappa shape index (κ1) is 17.2. The molecule has 1 atom stereocenters. The smallest absolute Gasteiger partial charge is 0.136 e. The molecular formula is C20H21ClN4. The molecule has 0 bridgehead atoms. The third-order valence-corrected chi connectivity index (χ3v) is 4.35. The van der Waals surface area contributed by atoms with Crippen molar-refractivity contribution in [1.29, 1.82) is 0 Å². The van der Waals surface area contributed by atoms with Crippen molar-refractivity contribution in [2.75, 3.05) is 10.6 Å². The van der Waals surface area contributed by atoms with E-state index in [1.165, 1.54) is 5.56 Å². The van der Waals surface area contributed by atoms with Gasteiger partial charge in [0.05, 0.1) is 0 Å². The van der Waals surface area contributed by atoms with Crippen LogP contribution in [-0.2, 0) is 0 Å². The molecule has 1 aromatic heterocycles. The van der Waals surface area contributed by atoms with E-state index in [0.29, 0.717) is 5.82 Å². The SMILES string of the molecule is Cc1nc(Nc2ccc(C)c(Cl)c2)cc(NC(C)c2ccccc2)n1. The first-order chi connectivity index (χ1) is 12.0. The summed E-state index contributed by atoms with van der Waals surface area (Å²) in [5, 5.41) is 7.45. The first-order valence-corrected chi connectivity index (χ1v) is 8.59. The number of hydrogen-bond donors (Lipinski definition) is 2. The number of nitrogens with one attached hydrogen (secondary N) is 2. The van der Waals surface area contributed by atoms with Crippen LogP contribution in [0.3, 0.4) is 0 Å². The lowest BCUT2D eigenvalue weighted by atomic mass is 10.1. The molecule has 0 aliphatic carbocycles. The van der Waals surface area contributed by atoms with Crippen LogP contribution in [0.5, 0.6) is 0 Å². The Bertz CT molecular complexity index is 865. The van der Waals surface area contributed by atoms with Gasteiger partial charge in [-0.15, -0.1) is 0 Å². The van der Waals surface area contributed by atoms with Gasteiger partial charge in [-0.25, -0.2) is 9.97 Å². The Labute approximate surface area is 153 Å². The zero-order valence-electron chi connectivity index (χ0n) is 14.5. The summed E-state index contributed by atoms with van der Waals surface area (Å²) in [5.74, 6) is 2.21. The molecule has 128 valence electrons. The van der Waals surface area contributed by atoms with Crippen molar-refractivity contribution in [3.05, 3.63) is 76.6 Å². The second kappa shape index (κ2) is 7.53. The number of rotatable bonds is 5. The molecule has 25 heavy (non-hydrogen) atoms. The van der Waals surface area contributed by atoms with Gasteiger partial charge in [-0.3, -0.25) is 0 Å². The second-order valence-corrected chi connectivity index (χ2v) is 6.46. The number of anilines is 3. The van der Waals surface area contributed by atoms with Gasteiger partial charge in [0.25, 0.3) is 0 Å². The van der Waals surface area contributed by atoms with Crippen LogP contribution in [0.15, 0.2) is 54.6 Å². The number of hydrogen-bond acceptors (Lipinski definition) is 4. The zero-order chi connectivity index (χ0) is 17.8. The van der Waals surface area contributed by atoms with Crippen LogP contribution in [0.25, 0.3) is 0 Å². The average molecular weight is 353 g/mol. The molecule has 1 unspecified atom stereocenters. The van der Waals surface area contributed by atoms with Crippen LogP contribution in [-0.4, -0.2) is 9.97 Å². The molecule has 5 heteroatoms. The predicted octanol–water partition coefficient (Wildman–Crippen LogP) is 5.66. The first-order valence-electron chi connectivity index (χ1n) is 8.21. The quantitative estimate of drug-likeness (QED) is 0.621. The Balaban J connectivity index is 1.79. The van der Waals surface area contributed by atoms with Crippen LogP contribution in [0.2, 0.25) is 5.02 Å². The highest BCUT2D eigenvalue weighted by atomic mass is 35.5. The van der Waals surface area contributed by atoms with Crippen LogP contribution in [0, 0.1) is 13.8 Å². The topological polar surface area (TPSA) is 49.8 Å². The van der Waals surface area contributed by atoms with Crippen molar-refractivity contribution in [2.45, 2.75) is 26.8 Å². The molecule has 0 spiro atoms. The van der Waals surface area contributed by atoms with E-state index in [9.17, 15) is 0 Å². The molecule has 3 aromatic rings. The minimum atomic E-state index is 0.150. The summed E-state index contributed by atoms with van der Waals surface area (Å²) in [4.78, 5) is 8.94. The lowest BCUT2D eigenvalue weighted by Gasteiger charge is -2.16. The van der Waals surface area contributed by atoms with Crippen LogP contribution < -0.4 is 10.6 Å². The third kappa shape index (κ3) is 4.48. The molecule has 0 amide bonds. The predicted molar refractivity (Wildman–Crippen MR) is 105 cm³/mol. The summed E-state index contributed by atoms with van der Waals surface area (Å²) >= 11 is 6.19. The highest BCUT2D eigenvalue weighted by molar-refractivity contribution is 6.31. The van der Waals surface area contributed by atoms with E-state index in [0.717, 1.165) is 27.9 Å². The highest BCUT2D eigenvalue weighted by Crippen LogP contribution is 2.24. The molecule has 2 N–H and O–H groups in total. The standard InChI is InChI=1S/C20H21ClN4/c1-13-9-10-17(11-18(13)21)25-20-12-19(23-15(3)24-20)22-14(2)16-7-5-4-6-8-16/h4-12,14H,1-3H3,(H2,22,23,24,25). The maximum atomic E-state index is 6.19. The number of benzene rings is 2. The van der Waals surface area contributed by atoms with Crippen molar-refractivity contribution >= 4 is 28.9 Å². The summed E-state index contributed by atoms with van der Waals surface area (Å²) in [6.07, 6.45) is 0. The summed E-state index contributed by atoms with van der Waals surface area (Å²) in [6, 6.07) is 18.2. The fourth-order valence-electron chi connectivity index (χ4n) is 2.57. The maximum Gasteiger partial charge on any atom is 0.136 e. The van der Waals surface area contributed by atoms with Crippen molar-refractivity contribution in [3.8, 4) is 0 Å². The van der Waals surface area contributed by atoms with Gasteiger partial charge in [0.1, 0.15) is 17.5 Å². The van der Waals surface area contributed by atoms with E-state index in [-0.39, 0.29) is 6.04 Å². The van der Waals surface area contributed by atoms with Gasteiger partial charge >= 0.3 is 0 Å². The van der Waals surface area contributed by atoms with E-state index in [2.05, 4.69) is 39.7 Å². The molecule has 0 aliphatic heterocycles. The number of aromatic nitrogens is 2. The molecule has 0 saturated carbocycles. The lowest BCUT2D eigenvalue weighted by Crippen LogP contribution is -2.09.